The molecule has 0 atom stereocenters. The van der Waals surface area contributed by atoms with Gasteiger partial charge in [-0.05, 0) is 30.0 Å². The monoisotopic (exact) mass is 443 g/mol. The highest BCUT2D eigenvalue weighted by atomic mass is 32.1. The summed E-state index contributed by atoms with van der Waals surface area (Å²) in [6.45, 7) is 7.35. The van der Waals surface area contributed by atoms with Gasteiger partial charge < -0.3 is 21.3 Å². The molecule has 0 saturated carbocycles. The predicted molar refractivity (Wildman–Crippen MR) is 122 cm³/mol. The van der Waals surface area contributed by atoms with Gasteiger partial charge in [0.05, 0.1) is 23.6 Å². The second-order valence-electron chi connectivity index (χ2n) is 7.93. The second kappa shape index (κ2) is 9.91. The smallest absolute Gasteiger partial charge is 0.312 e. The minimum Gasteiger partial charge on any atom is -0.397 e. The lowest BCUT2D eigenvalue weighted by Crippen LogP contribution is -2.45. The molecule has 8 nitrogen and oxygen atoms in total. The molecule has 0 saturated heterocycles. The van der Waals surface area contributed by atoms with Crippen LogP contribution in [0.2, 0.25) is 0 Å². The van der Waals surface area contributed by atoms with Crippen molar-refractivity contribution in [2.24, 2.45) is 0 Å². The van der Waals surface area contributed by atoms with E-state index in [9.17, 15) is 14.4 Å². The summed E-state index contributed by atoms with van der Waals surface area (Å²) in [6.07, 6.45) is 2.29. The molecule has 1 aromatic heterocycles. The number of amides is 3. The molecule has 3 rings (SSSR count). The molecule has 31 heavy (non-hydrogen) atoms. The molecular formula is C22H29N5O3S. The summed E-state index contributed by atoms with van der Waals surface area (Å²) >= 11 is 1.24. The number of anilines is 2. The predicted octanol–water partition coefficient (Wildman–Crippen LogP) is 2.90. The Morgan fingerprint density at radius 1 is 1.29 bits per heavy atom. The van der Waals surface area contributed by atoms with Gasteiger partial charge in [-0.2, -0.15) is 0 Å². The van der Waals surface area contributed by atoms with E-state index in [2.05, 4.69) is 29.5 Å². The van der Waals surface area contributed by atoms with Gasteiger partial charge in [-0.25, -0.2) is 4.98 Å². The fraction of sp³-hybridized carbons (Fsp3) is 0.455. The van der Waals surface area contributed by atoms with Crippen LogP contribution < -0.4 is 16.4 Å². The van der Waals surface area contributed by atoms with Gasteiger partial charge in [0.25, 0.3) is 5.91 Å². The maximum absolute atomic E-state index is 12.8. The highest BCUT2D eigenvalue weighted by molar-refractivity contribution is 7.13. The molecule has 0 unspecified atom stereocenters. The number of hydrogen-bond donors (Lipinski definition) is 3. The van der Waals surface area contributed by atoms with E-state index in [0.717, 1.165) is 29.0 Å². The molecule has 4 N–H and O–H groups in total. The van der Waals surface area contributed by atoms with Gasteiger partial charge in [0.1, 0.15) is 0 Å². The van der Waals surface area contributed by atoms with Gasteiger partial charge in [0.2, 0.25) is 0 Å². The molecule has 2 aromatic rings. The zero-order chi connectivity index (χ0) is 22.5. The Kier molecular flexibility index (Phi) is 7.27. The Morgan fingerprint density at radius 2 is 2.06 bits per heavy atom. The van der Waals surface area contributed by atoms with Gasteiger partial charge >= 0.3 is 11.8 Å². The summed E-state index contributed by atoms with van der Waals surface area (Å²) in [4.78, 5) is 44.0. The topological polar surface area (TPSA) is 117 Å². The number of thiazole rings is 1. The lowest BCUT2D eigenvalue weighted by molar-refractivity contribution is -0.146. The van der Waals surface area contributed by atoms with Crippen LogP contribution in [-0.4, -0.2) is 40.7 Å². The number of nitrogens with two attached hydrogens (primary N) is 1. The highest BCUT2D eigenvalue weighted by Crippen LogP contribution is 2.28. The summed E-state index contributed by atoms with van der Waals surface area (Å²) in [5.41, 5.74) is 8.95. The van der Waals surface area contributed by atoms with Crippen molar-refractivity contribution < 1.29 is 14.4 Å². The number of rotatable bonds is 6. The molecule has 3 amide bonds. The van der Waals surface area contributed by atoms with Crippen LogP contribution in [0.25, 0.3) is 0 Å². The molecule has 0 aliphatic carbocycles. The average molecular weight is 444 g/mol. The van der Waals surface area contributed by atoms with Gasteiger partial charge in [-0.1, -0.05) is 33.3 Å². The van der Waals surface area contributed by atoms with Crippen LogP contribution in [0, 0.1) is 0 Å². The Balaban J connectivity index is 1.67. The van der Waals surface area contributed by atoms with Crippen molar-refractivity contribution in [1.29, 1.82) is 0 Å². The first-order valence-electron chi connectivity index (χ1n) is 10.6. The van der Waals surface area contributed by atoms with Crippen LogP contribution in [0.5, 0.6) is 0 Å². The number of aromatic nitrogens is 1. The first-order valence-corrected chi connectivity index (χ1v) is 11.4. The maximum Gasteiger partial charge on any atom is 0.312 e. The van der Waals surface area contributed by atoms with E-state index in [1.807, 2.05) is 19.1 Å². The van der Waals surface area contributed by atoms with Crippen LogP contribution >= 0.6 is 11.3 Å². The fourth-order valence-corrected chi connectivity index (χ4v) is 4.30. The lowest BCUT2D eigenvalue weighted by atomic mass is 10.0. The quantitative estimate of drug-likeness (QED) is 0.360. The number of nitrogens with zero attached hydrogens (tertiary/aromatic N) is 2. The van der Waals surface area contributed by atoms with E-state index in [1.54, 1.807) is 6.07 Å². The number of benzene rings is 1. The SMILES string of the molecule is CCCCNC(=O)C(=O)N1CCc2nc(C(=O)Nc3cc(C(C)C)ccc3N)sc2C1. The standard InChI is InChI=1S/C22H29N5O3S/c1-4-5-9-24-20(29)22(30)27-10-8-16-18(12-27)31-21(26-16)19(28)25-17-11-14(13(2)3)6-7-15(17)23/h6-7,11,13H,4-5,8-10,12,23H2,1-3H3,(H,24,29)(H,25,28). The molecule has 0 fully saturated rings. The van der Waals surface area contributed by atoms with Crippen LogP contribution in [-0.2, 0) is 22.6 Å². The maximum atomic E-state index is 12.8. The Hall–Kier alpha value is -2.94. The number of unbranched alkanes of at least 4 members (excludes halogenated alkanes) is 1. The Labute approximate surface area is 186 Å². The van der Waals surface area contributed by atoms with Gasteiger partial charge in [-0.15, -0.1) is 11.3 Å². The van der Waals surface area contributed by atoms with E-state index in [-0.39, 0.29) is 12.5 Å². The zero-order valence-corrected chi connectivity index (χ0v) is 19.0. The van der Waals surface area contributed by atoms with Crippen LogP contribution in [0.1, 0.15) is 65.5 Å². The molecule has 0 spiro atoms. The van der Waals surface area contributed by atoms with E-state index in [4.69, 9.17) is 5.73 Å². The minimum absolute atomic E-state index is 0.283. The van der Waals surface area contributed by atoms with E-state index in [1.165, 1.54) is 16.2 Å². The van der Waals surface area contributed by atoms with E-state index in [0.29, 0.717) is 41.8 Å². The number of carbonyl (C=O) groups is 3. The Morgan fingerprint density at radius 3 is 2.77 bits per heavy atom. The van der Waals surface area contributed by atoms with E-state index >= 15 is 0 Å². The zero-order valence-electron chi connectivity index (χ0n) is 18.2. The van der Waals surface area contributed by atoms with Crippen LogP contribution in [0.3, 0.4) is 0 Å². The van der Waals surface area contributed by atoms with Crippen molar-refractivity contribution in [1.82, 2.24) is 15.2 Å². The summed E-state index contributed by atoms with van der Waals surface area (Å²) in [5, 5.41) is 5.83. The van der Waals surface area contributed by atoms with Gasteiger partial charge in [-0.3, -0.25) is 14.4 Å². The number of hydrogen-bond acceptors (Lipinski definition) is 6. The minimum atomic E-state index is -0.583. The third-order valence-electron chi connectivity index (χ3n) is 5.22. The largest absolute Gasteiger partial charge is 0.397 e. The summed E-state index contributed by atoms with van der Waals surface area (Å²) in [7, 11) is 0. The molecule has 1 aliphatic rings. The molecule has 2 heterocycles. The fourth-order valence-electron chi connectivity index (χ4n) is 3.28. The van der Waals surface area contributed by atoms with Crippen LogP contribution in [0.4, 0.5) is 11.4 Å². The van der Waals surface area contributed by atoms with Crippen molar-refractivity contribution >= 4 is 40.4 Å². The normalized spacial score (nSPS) is 13.1. The highest BCUT2D eigenvalue weighted by Gasteiger charge is 2.29. The molecule has 0 radical (unpaired) electrons. The first-order chi connectivity index (χ1) is 14.8. The molecule has 166 valence electrons. The number of carbonyl (C=O) groups excluding carboxylic acids is 3. The molecule has 1 aliphatic heterocycles. The Bertz CT molecular complexity index is 986. The van der Waals surface area contributed by atoms with Crippen molar-refractivity contribution in [3.05, 3.63) is 39.3 Å². The number of nitrogen functional groups attached to an aromatic ring is 1. The van der Waals surface area contributed by atoms with Crippen LogP contribution in [0.15, 0.2) is 18.2 Å². The average Bonchev–Trinajstić information content (AvgIpc) is 3.18. The van der Waals surface area contributed by atoms with Crippen molar-refractivity contribution in [3.8, 4) is 0 Å². The van der Waals surface area contributed by atoms with E-state index < -0.39 is 11.8 Å². The van der Waals surface area contributed by atoms with Gasteiger partial charge in [0.15, 0.2) is 5.01 Å². The van der Waals surface area contributed by atoms with Crippen molar-refractivity contribution in [2.75, 3.05) is 24.1 Å². The number of nitrogens with one attached hydrogen (secondary N) is 2. The summed E-state index contributed by atoms with van der Waals surface area (Å²) < 4.78 is 0. The van der Waals surface area contributed by atoms with Crippen molar-refractivity contribution in [3.63, 3.8) is 0 Å². The van der Waals surface area contributed by atoms with Crippen molar-refractivity contribution in [2.45, 2.75) is 52.5 Å². The first kappa shape index (κ1) is 22.7. The third-order valence-corrected chi connectivity index (χ3v) is 6.30. The number of fused-ring (bicyclic) bond motifs is 1. The lowest BCUT2D eigenvalue weighted by Gasteiger charge is -2.25. The van der Waals surface area contributed by atoms with Gasteiger partial charge in [0, 0.05) is 24.4 Å². The molecule has 1 aromatic carbocycles. The summed E-state index contributed by atoms with van der Waals surface area (Å²) in [5.74, 6) is -1.15. The second-order valence-corrected chi connectivity index (χ2v) is 9.01. The molecular weight excluding hydrogens is 414 g/mol. The summed E-state index contributed by atoms with van der Waals surface area (Å²) in [6, 6.07) is 5.61. The third kappa shape index (κ3) is 5.41. The molecule has 9 heteroatoms. The molecule has 0 bridgehead atoms.